The molecule has 0 aromatic rings. The summed E-state index contributed by atoms with van der Waals surface area (Å²) < 4.78 is 0. The summed E-state index contributed by atoms with van der Waals surface area (Å²) in [6.45, 7) is 10.6. The first-order valence-electron chi connectivity index (χ1n) is 3.62. The van der Waals surface area contributed by atoms with E-state index in [1.165, 1.54) is 6.42 Å². The summed E-state index contributed by atoms with van der Waals surface area (Å²) in [6, 6.07) is 0. The maximum atomic E-state index is 3.20. The van der Waals surface area contributed by atoms with Crippen LogP contribution < -0.4 is 5.32 Å². The smallest absolute Gasteiger partial charge is 0 e. The standard InChI is InChI=1S/C5H13N.C2H6.H2/c1-3-5-6-4-2;1-2;/h6H,3-5H2,1-2H3;1-2H3;1H. The molecule has 0 amide bonds. The summed E-state index contributed by atoms with van der Waals surface area (Å²) >= 11 is 0. The van der Waals surface area contributed by atoms with Crippen LogP contribution >= 0.6 is 0 Å². The Labute approximate surface area is 55.0 Å². The average molecular weight is 119 g/mol. The van der Waals surface area contributed by atoms with E-state index in [2.05, 4.69) is 19.2 Å². The van der Waals surface area contributed by atoms with E-state index in [0.29, 0.717) is 0 Å². The van der Waals surface area contributed by atoms with Crippen molar-refractivity contribution in [3.63, 3.8) is 0 Å². The minimum atomic E-state index is 0. The Morgan fingerprint density at radius 2 is 1.75 bits per heavy atom. The molecule has 0 aromatic heterocycles. The number of nitrogens with one attached hydrogen (secondary N) is 1. The van der Waals surface area contributed by atoms with Crippen LogP contribution in [-0.4, -0.2) is 13.1 Å². The van der Waals surface area contributed by atoms with Crippen molar-refractivity contribution in [2.75, 3.05) is 13.1 Å². The monoisotopic (exact) mass is 119 g/mol. The van der Waals surface area contributed by atoms with Gasteiger partial charge in [-0.25, -0.2) is 0 Å². The molecular formula is C7H21N. The molecule has 0 unspecified atom stereocenters. The zero-order valence-electron chi connectivity index (χ0n) is 6.62. The van der Waals surface area contributed by atoms with Crippen molar-refractivity contribution in [1.29, 1.82) is 0 Å². The Bertz CT molecular complexity index is 20.9. The van der Waals surface area contributed by atoms with E-state index in [9.17, 15) is 0 Å². The van der Waals surface area contributed by atoms with E-state index >= 15 is 0 Å². The first-order chi connectivity index (χ1) is 3.91. The first-order valence-corrected chi connectivity index (χ1v) is 3.62. The number of rotatable bonds is 3. The molecular weight excluding hydrogens is 98.1 g/mol. The fourth-order valence-corrected chi connectivity index (χ4v) is 0.354. The second kappa shape index (κ2) is 15.8. The van der Waals surface area contributed by atoms with Gasteiger partial charge in [0.1, 0.15) is 0 Å². The molecule has 0 aliphatic heterocycles. The maximum Gasteiger partial charge on any atom is 0 e. The van der Waals surface area contributed by atoms with Gasteiger partial charge in [-0.3, -0.25) is 0 Å². The first kappa shape index (κ1) is 10.9. The average Bonchev–Trinajstić information content (AvgIpc) is 1.88. The number of hydrogen-bond acceptors (Lipinski definition) is 1. The molecule has 0 aromatic carbocycles. The lowest BCUT2D eigenvalue weighted by Crippen LogP contribution is -2.12. The Hall–Kier alpha value is -0.0400. The summed E-state index contributed by atoms with van der Waals surface area (Å²) in [5, 5.41) is 3.20. The van der Waals surface area contributed by atoms with Crippen LogP contribution in [0.25, 0.3) is 0 Å². The Balaban J connectivity index is -0.000000109. The van der Waals surface area contributed by atoms with Crippen LogP contribution in [-0.2, 0) is 0 Å². The molecule has 1 N–H and O–H groups in total. The summed E-state index contributed by atoms with van der Waals surface area (Å²) in [5.74, 6) is 0. The van der Waals surface area contributed by atoms with E-state index in [0.717, 1.165) is 13.1 Å². The van der Waals surface area contributed by atoms with E-state index in [-0.39, 0.29) is 1.43 Å². The lowest BCUT2D eigenvalue weighted by Gasteiger charge is -1.91. The van der Waals surface area contributed by atoms with E-state index < -0.39 is 0 Å². The van der Waals surface area contributed by atoms with Gasteiger partial charge < -0.3 is 5.32 Å². The van der Waals surface area contributed by atoms with Gasteiger partial charge in [-0.1, -0.05) is 27.7 Å². The van der Waals surface area contributed by atoms with E-state index in [1.54, 1.807) is 0 Å². The Kier molecular flexibility index (Phi) is 21.4. The second-order valence-corrected chi connectivity index (χ2v) is 1.35. The Morgan fingerprint density at radius 1 is 1.25 bits per heavy atom. The molecule has 0 bridgehead atoms. The highest BCUT2D eigenvalue weighted by atomic mass is 14.8. The van der Waals surface area contributed by atoms with Gasteiger partial charge >= 0.3 is 0 Å². The van der Waals surface area contributed by atoms with Crippen LogP contribution in [0.2, 0.25) is 0 Å². The van der Waals surface area contributed by atoms with Crippen LogP contribution in [0.1, 0.15) is 35.5 Å². The van der Waals surface area contributed by atoms with Crippen LogP contribution in [0, 0.1) is 0 Å². The molecule has 0 rings (SSSR count). The zero-order valence-corrected chi connectivity index (χ0v) is 6.62. The van der Waals surface area contributed by atoms with Crippen LogP contribution in [0.15, 0.2) is 0 Å². The molecule has 0 spiro atoms. The quantitative estimate of drug-likeness (QED) is 0.562. The SMILES string of the molecule is CC.CCCNCC.[HH]. The van der Waals surface area contributed by atoms with Gasteiger partial charge in [0.15, 0.2) is 0 Å². The van der Waals surface area contributed by atoms with Crippen molar-refractivity contribution in [3.8, 4) is 0 Å². The molecule has 0 saturated heterocycles. The van der Waals surface area contributed by atoms with E-state index in [1.807, 2.05) is 13.8 Å². The predicted octanol–water partition coefficient (Wildman–Crippen LogP) is 2.28. The molecule has 0 aliphatic carbocycles. The molecule has 8 heavy (non-hydrogen) atoms. The van der Waals surface area contributed by atoms with Gasteiger partial charge in [-0.15, -0.1) is 0 Å². The summed E-state index contributed by atoms with van der Waals surface area (Å²) in [5.41, 5.74) is 0. The molecule has 0 heterocycles. The molecule has 0 atom stereocenters. The van der Waals surface area contributed by atoms with Crippen LogP contribution in [0.4, 0.5) is 0 Å². The third-order valence-electron chi connectivity index (χ3n) is 0.677. The van der Waals surface area contributed by atoms with Gasteiger partial charge in [0.05, 0.1) is 0 Å². The van der Waals surface area contributed by atoms with Gasteiger partial charge in [0, 0.05) is 1.43 Å². The highest BCUT2D eigenvalue weighted by Gasteiger charge is 1.71. The second-order valence-electron chi connectivity index (χ2n) is 1.35. The summed E-state index contributed by atoms with van der Waals surface area (Å²) in [6.07, 6.45) is 1.24. The van der Waals surface area contributed by atoms with Crippen molar-refractivity contribution >= 4 is 0 Å². The topological polar surface area (TPSA) is 12.0 Å². The minimum absolute atomic E-state index is 0. The fraction of sp³-hybridized carbons (Fsp3) is 1.00. The van der Waals surface area contributed by atoms with Crippen molar-refractivity contribution < 1.29 is 1.43 Å². The summed E-state index contributed by atoms with van der Waals surface area (Å²) in [4.78, 5) is 0. The maximum absolute atomic E-state index is 3.20. The largest absolute Gasteiger partial charge is 0.317 e. The highest BCUT2D eigenvalue weighted by molar-refractivity contribution is 4.35. The van der Waals surface area contributed by atoms with Gasteiger partial charge in [-0.2, -0.15) is 0 Å². The highest BCUT2D eigenvalue weighted by Crippen LogP contribution is 1.65. The van der Waals surface area contributed by atoms with Gasteiger partial charge in [-0.05, 0) is 19.5 Å². The molecule has 1 nitrogen and oxygen atoms in total. The summed E-state index contributed by atoms with van der Waals surface area (Å²) in [7, 11) is 0. The minimum Gasteiger partial charge on any atom is -0.317 e. The van der Waals surface area contributed by atoms with Crippen LogP contribution in [0.3, 0.4) is 0 Å². The van der Waals surface area contributed by atoms with Crippen molar-refractivity contribution in [2.45, 2.75) is 34.1 Å². The molecule has 54 valence electrons. The van der Waals surface area contributed by atoms with Crippen LogP contribution in [0.5, 0.6) is 0 Å². The van der Waals surface area contributed by atoms with Crippen molar-refractivity contribution in [1.82, 2.24) is 5.32 Å². The molecule has 0 fully saturated rings. The lowest BCUT2D eigenvalue weighted by molar-refractivity contribution is 0.703. The normalized spacial score (nSPS) is 7.50. The molecule has 1 heteroatoms. The third kappa shape index (κ3) is 16.7. The number of hydrogen-bond donors (Lipinski definition) is 1. The molecule has 0 radical (unpaired) electrons. The van der Waals surface area contributed by atoms with Crippen molar-refractivity contribution in [3.05, 3.63) is 0 Å². The third-order valence-corrected chi connectivity index (χ3v) is 0.677. The zero-order chi connectivity index (χ0) is 6.83. The fourth-order valence-electron chi connectivity index (χ4n) is 0.354. The lowest BCUT2D eigenvalue weighted by atomic mass is 10.5. The van der Waals surface area contributed by atoms with Gasteiger partial charge in [0.25, 0.3) is 0 Å². The van der Waals surface area contributed by atoms with E-state index in [4.69, 9.17) is 0 Å². The van der Waals surface area contributed by atoms with Crippen molar-refractivity contribution in [2.24, 2.45) is 0 Å². The molecule has 0 saturated carbocycles. The Morgan fingerprint density at radius 3 is 1.88 bits per heavy atom. The van der Waals surface area contributed by atoms with Gasteiger partial charge in [0.2, 0.25) is 0 Å². The predicted molar refractivity (Wildman–Crippen MR) is 42.3 cm³/mol. The molecule has 0 aliphatic rings.